The predicted octanol–water partition coefficient (Wildman–Crippen LogP) is 1.33. The van der Waals surface area contributed by atoms with Crippen LogP contribution in [0.5, 0.6) is 5.75 Å². The van der Waals surface area contributed by atoms with Crippen LogP contribution in [0, 0.1) is 6.92 Å². The van der Waals surface area contributed by atoms with E-state index in [1.165, 1.54) is 23.5 Å². The second kappa shape index (κ2) is 8.29. The molecule has 3 rings (SSSR count). The standard InChI is InChI=1S/C18H24N4O5S/c1-13-12-17(20-27-13)19-18(23)14(2)21-8-10-22(11-9-21)28(24,25)16-6-4-15(26-3)5-7-16/h4-7,12,14H,8-11H2,1-3H3,(H,19,20,23)/t14-/m1/s1. The molecule has 2 aromatic rings. The van der Waals surface area contributed by atoms with Crippen LogP contribution in [0.3, 0.4) is 0 Å². The zero-order chi connectivity index (χ0) is 20.3. The molecule has 0 bridgehead atoms. The fourth-order valence-corrected chi connectivity index (χ4v) is 4.47. The number of aromatic nitrogens is 1. The number of hydrogen-bond acceptors (Lipinski definition) is 7. The summed E-state index contributed by atoms with van der Waals surface area (Å²) < 4.78 is 37.1. The van der Waals surface area contributed by atoms with Crippen LogP contribution in [0.1, 0.15) is 12.7 Å². The third-order valence-electron chi connectivity index (χ3n) is 4.78. The lowest BCUT2D eigenvalue weighted by Crippen LogP contribution is -2.53. The highest BCUT2D eigenvalue weighted by Crippen LogP contribution is 2.21. The Morgan fingerprint density at radius 1 is 1.21 bits per heavy atom. The number of aryl methyl sites for hydroxylation is 1. The molecule has 0 radical (unpaired) electrons. The number of nitrogens with zero attached hydrogens (tertiary/aromatic N) is 3. The van der Waals surface area contributed by atoms with Gasteiger partial charge in [0.2, 0.25) is 15.9 Å². The smallest absolute Gasteiger partial charge is 0.243 e. The van der Waals surface area contributed by atoms with Crippen molar-refractivity contribution in [3.05, 3.63) is 36.1 Å². The van der Waals surface area contributed by atoms with Crippen molar-refractivity contribution in [1.82, 2.24) is 14.4 Å². The highest BCUT2D eigenvalue weighted by molar-refractivity contribution is 7.89. The number of amides is 1. The Bertz CT molecular complexity index is 918. The number of benzene rings is 1. The van der Waals surface area contributed by atoms with Crippen LogP contribution in [-0.4, -0.2) is 68.0 Å². The zero-order valence-electron chi connectivity index (χ0n) is 16.1. The molecule has 9 nitrogen and oxygen atoms in total. The number of carbonyl (C=O) groups is 1. The fraction of sp³-hybridized carbons (Fsp3) is 0.444. The molecule has 28 heavy (non-hydrogen) atoms. The summed E-state index contributed by atoms with van der Waals surface area (Å²) in [5, 5.41) is 6.46. The third kappa shape index (κ3) is 4.34. The molecule has 0 saturated carbocycles. The molecule has 0 unspecified atom stereocenters. The van der Waals surface area contributed by atoms with Crippen LogP contribution in [0.15, 0.2) is 39.8 Å². The lowest BCUT2D eigenvalue weighted by atomic mass is 10.2. The van der Waals surface area contributed by atoms with Gasteiger partial charge in [0.1, 0.15) is 11.5 Å². The van der Waals surface area contributed by atoms with Crippen LogP contribution in [-0.2, 0) is 14.8 Å². The number of rotatable bonds is 6. The molecule has 10 heteroatoms. The van der Waals surface area contributed by atoms with Gasteiger partial charge in [-0.25, -0.2) is 8.42 Å². The molecule has 1 aromatic heterocycles. The Morgan fingerprint density at radius 3 is 2.39 bits per heavy atom. The maximum Gasteiger partial charge on any atom is 0.243 e. The van der Waals surface area contributed by atoms with E-state index >= 15 is 0 Å². The van der Waals surface area contributed by atoms with E-state index in [1.54, 1.807) is 32.0 Å². The van der Waals surface area contributed by atoms with Crippen molar-refractivity contribution in [2.75, 3.05) is 38.6 Å². The molecule has 1 saturated heterocycles. The maximum atomic E-state index is 12.8. The normalized spacial score (nSPS) is 17.2. The summed E-state index contributed by atoms with van der Waals surface area (Å²) in [6.07, 6.45) is 0. The van der Waals surface area contributed by atoms with E-state index in [9.17, 15) is 13.2 Å². The molecule has 1 aliphatic heterocycles. The van der Waals surface area contributed by atoms with Gasteiger partial charge in [-0.1, -0.05) is 5.16 Å². The number of nitrogens with one attached hydrogen (secondary N) is 1. The second-order valence-corrected chi connectivity index (χ2v) is 8.54. The summed E-state index contributed by atoms with van der Waals surface area (Å²) in [7, 11) is -2.04. The molecule has 0 spiro atoms. The Balaban J connectivity index is 1.59. The van der Waals surface area contributed by atoms with Gasteiger partial charge < -0.3 is 14.6 Å². The Morgan fingerprint density at radius 2 is 1.86 bits per heavy atom. The third-order valence-corrected chi connectivity index (χ3v) is 6.69. The van der Waals surface area contributed by atoms with Crippen molar-refractivity contribution in [2.45, 2.75) is 24.8 Å². The van der Waals surface area contributed by atoms with Crippen molar-refractivity contribution >= 4 is 21.7 Å². The average Bonchev–Trinajstić information content (AvgIpc) is 3.12. The van der Waals surface area contributed by atoms with Gasteiger partial charge in [-0.05, 0) is 38.1 Å². The molecule has 2 heterocycles. The van der Waals surface area contributed by atoms with Crippen molar-refractivity contribution in [3.8, 4) is 5.75 Å². The number of piperazine rings is 1. The SMILES string of the molecule is COc1ccc(S(=O)(=O)N2CCN([C@H](C)C(=O)Nc3cc(C)on3)CC2)cc1. The van der Waals surface area contributed by atoms with E-state index in [4.69, 9.17) is 9.26 Å². The molecule has 1 N–H and O–H groups in total. The Kier molecular flexibility index (Phi) is 6.01. The van der Waals surface area contributed by atoms with Gasteiger partial charge in [-0.15, -0.1) is 0 Å². The van der Waals surface area contributed by atoms with Gasteiger partial charge in [0.15, 0.2) is 5.82 Å². The Labute approximate surface area is 164 Å². The summed E-state index contributed by atoms with van der Waals surface area (Å²) in [5.41, 5.74) is 0. The summed E-state index contributed by atoms with van der Waals surface area (Å²) in [6.45, 7) is 5.08. The van der Waals surface area contributed by atoms with Crippen molar-refractivity contribution in [3.63, 3.8) is 0 Å². The van der Waals surface area contributed by atoms with E-state index in [1.807, 2.05) is 4.90 Å². The van der Waals surface area contributed by atoms with Crippen molar-refractivity contribution < 1.29 is 22.5 Å². The molecule has 1 aromatic carbocycles. The molecule has 1 atom stereocenters. The van der Waals surface area contributed by atoms with Crippen LogP contribution in [0.2, 0.25) is 0 Å². The van der Waals surface area contributed by atoms with Gasteiger partial charge >= 0.3 is 0 Å². The molecule has 152 valence electrons. The minimum Gasteiger partial charge on any atom is -0.497 e. The van der Waals surface area contributed by atoms with Gasteiger partial charge in [0, 0.05) is 32.2 Å². The van der Waals surface area contributed by atoms with E-state index < -0.39 is 16.1 Å². The lowest BCUT2D eigenvalue weighted by Gasteiger charge is -2.36. The number of methoxy groups -OCH3 is 1. The van der Waals surface area contributed by atoms with Gasteiger partial charge in [-0.2, -0.15) is 4.31 Å². The maximum absolute atomic E-state index is 12.8. The summed E-state index contributed by atoms with van der Waals surface area (Å²) in [4.78, 5) is 14.6. The largest absolute Gasteiger partial charge is 0.497 e. The number of hydrogen-bond donors (Lipinski definition) is 1. The summed E-state index contributed by atoms with van der Waals surface area (Å²) in [5.74, 6) is 1.38. The lowest BCUT2D eigenvalue weighted by molar-refractivity contribution is -0.121. The summed E-state index contributed by atoms with van der Waals surface area (Å²) >= 11 is 0. The first-order valence-electron chi connectivity index (χ1n) is 8.93. The quantitative estimate of drug-likeness (QED) is 0.769. The molecule has 1 aliphatic rings. The zero-order valence-corrected chi connectivity index (χ0v) is 16.9. The van der Waals surface area contributed by atoms with Gasteiger partial charge in [0.25, 0.3) is 0 Å². The van der Waals surface area contributed by atoms with Crippen LogP contribution in [0.4, 0.5) is 5.82 Å². The molecular weight excluding hydrogens is 384 g/mol. The highest BCUT2D eigenvalue weighted by atomic mass is 32.2. The first-order valence-corrected chi connectivity index (χ1v) is 10.4. The van der Waals surface area contributed by atoms with Crippen molar-refractivity contribution in [1.29, 1.82) is 0 Å². The topological polar surface area (TPSA) is 105 Å². The van der Waals surface area contributed by atoms with Gasteiger partial charge in [0.05, 0.1) is 18.0 Å². The van der Waals surface area contributed by atoms with E-state index in [0.29, 0.717) is 43.5 Å². The van der Waals surface area contributed by atoms with Gasteiger partial charge in [-0.3, -0.25) is 9.69 Å². The van der Waals surface area contributed by atoms with Crippen LogP contribution < -0.4 is 10.1 Å². The highest BCUT2D eigenvalue weighted by Gasteiger charge is 2.32. The fourth-order valence-electron chi connectivity index (χ4n) is 3.05. The van der Waals surface area contributed by atoms with E-state index in [0.717, 1.165) is 0 Å². The molecule has 1 amide bonds. The number of anilines is 1. The van der Waals surface area contributed by atoms with Crippen molar-refractivity contribution in [2.24, 2.45) is 0 Å². The Hall–Kier alpha value is -2.43. The number of carbonyl (C=O) groups excluding carboxylic acids is 1. The number of sulfonamides is 1. The predicted molar refractivity (Wildman–Crippen MR) is 103 cm³/mol. The molecular formula is C18H24N4O5S. The average molecular weight is 408 g/mol. The first-order chi connectivity index (χ1) is 13.3. The molecule has 1 fully saturated rings. The minimum atomic E-state index is -3.57. The number of ether oxygens (including phenoxy) is 1. The minimum absolute atomic E-state index is 0.209. The second-order valence-electron chi connectivity index (χ2n) is 6.60. The summed E-state index contributed by atoms with van der Waals surface area (Å²) in [6, 6.07) is 7.56. The van der Waals surface area contributed by atoms with E-state index in [-0.39, 0.29) is 10.8 Å². The first kappa shape index (κ1) is 20.3. The van der Waals surface area contributed by atoms with Crippen LogP contribution >= 0.6 is 0 Å². The molecule has 0 aliphatic carbocycles. The monoisotopic (exact) mass is 408 g/mol. The van der Waals surface area contributed by atoms with E-state index in [2.05, 4.69) is 10.5 Å². The van der Waals surface area contributed by atoms with Crippen LogP contribution in [0.25, 0.3) is 0 Å².